The number of ether oxygens (including phenoxy) is 2. The highest BCUT2D eigenvalue weighted by Crippen LogP contribution is 2.31. The SMILES string of the molecule is CCCOc1ccc(-c2nnc(CCC(=O)NC3CCCC3)c(=O)[nH]2)cc1OC. The van der Waals surface area contributed by atoms with Crippen molar-refractivity contribution in [2.24, 2.45) is 0 Å². The van der Waals surface area contributed by atoms with Gasteiger partial charge in [-0.1, -0.05) is 19.8 Å². The molecule has 8 nitrogen and oxygen atoms in total. The maximum absolute atomic E-state index is 12.4. The van der Waals surface area contributed by atoms with Crippen molar-refractivity contribution in [2.75, 3.05) is 13.7 Å². The summed E-state index contributed by atoms with van der Waals surface area (Å²) in [4.78, 5) is 27.2. The lowest BCUT2D eigenvalue weighted by Crippen LogP contribution is -2.33. The molecular weight excluding hydrogens is 372 g/mol. The van der Waals surface area contributed by atoms with Crippen LogP contribution in [0.2, 0.25) is 0 Å². The van der Waals surface area contributed by atoms with E-state index in [0.29, 0.717) is 29.5 Å². The number of aromatic amines is 1. The van der Waals surface area contributed by atoms with Crippen LogP contribution in [0.3, 0.4) is 0 Å². The smallest absolute Gasteiger partial charge is 0.273 e. The Morgan fingerprint density at radius 2 is 2.03 bits per heavy atom. The molecule has 1 fully saturated rings. The summed E-state index contributed by atoms with van der Waals surface area (Å²) >= 11 is 0. The van der Waals surface area contributed by atoms with Crippen molar-refractivity contribution < 1.29 is 14.3 Å². The zero-order valence-corrected chi connectivity index (χ0v) is 17.0. The molecule has 1 aliphatic rings. The molecule has 8 heteroatoms. The number of nitrogens with one attached hydrogen (secondary N) is 2. The molecule has 1 aliphatic carbocycles. The summed E-state index contributed by atoms with van der Waals surface area (Å²) in [5.41, 5.74) is 0.583. The maximum atomic E-state index is 12.4. The third kappa shape index (κ3) is 5.56. The Labute approximate surface area is 170 Å². The van der Waals surface area contributed by atoms with Crippen LogP contribution < -0.4 is 20.3 Å². The number of amides is 1. The van der Waals surface area contributed by atoms with Gasteiger partial charge in [-0.2, -0.15) is 0 Å². The second kappa shape index (κ2) is 10.0. The van der Waals surface area contributed by atoms with Crippen LogP contribution in [0.25, 0.3) is 11.4 Å². The monoisotopic (exact) mass is 400 g/mol. The summed E-state index contributed by atoms with van der Waals surface area (Å²) in [6.07, 6.45) is 5.77. The Hall–Kier alpha value is -2.90. The molecule has 0 bridgehead atoms. The summed E-state index contributed by atoms with van der Waals surface area (Å²) in [6.45, 7) is 2.62. The van der Waals surface area contributed by atoms with Gasteiger partial charge >= 0.3 is 0 Å². The third-order valence-corrected chi connectivity index (χ3v) is 4.97. The van der Waals surface area contributed by atoms with Gasteiger partial charge in [0.2, 0.25) is 5.91 Å². The van der Waals surface area contributed by atoms with Crippen molar-refractivity contribution in [1.29, 1.82) is 0 Å². The summed E-state index contributed by atoms with van der Waals surface area (Å²) in [6, 6.07) is 5.60. The number of rotatable bonds is 9. The highest BCUT2D eigenvalue weighted by atomic mass is 16.5. The van der Waals surface area contributed by atoms with Crippen LogP contribution in [0, 0.1) is 0 Å². The zero-order chi connectivity index (χ0) is 20.6. The number of nitrogens with zero attached hydrogens (tertiary/aromatic N) is 2. The minimum absolute atomic E-state index is 0.0467. The van der Waals surface area contributed by atoms with Gasteiger partial charge in [0.1, 0.15) is 5.69 Å². The number of aromatic nitrogens is 3. The van der Waals surface area contributed by atoms with E-state index in [0.717, 1.165) is 32.1 Å². The quantitative estimate of drug-likeness (QED) is 0.670. The number of carbonyl (C=O) groups excluding carboxylic acids is 1. The summed E-state index contributed by atoms with van der Waals surface area (Å²) in [5, 5.41) is 11.2. The summed E-state index contributed by atoms with van der Waals surface area (Å²) < 4.78 is 11.0. The standard InChI is InChI=1S/C21H28N4O4/c1-3-12-29-17-10-8-14(13-18(17)28-2)20-23-21(27)16(24-25-20)9-11-19(26)22-15-6-4-5-7-15/h8,10,13,15H,3-7,9,11-12H2,1-2H3,(H,22,26)(H,23,25,27). The lowest BCUT2D eigenvalue weighted by atomic mass is 10.2. The Kier molecular flexibility index (Phi) is 7.21. The van der Waals surface area contributed by atoms with Crippen molar-refractivity contribution >= 4 is 5.91 Å². The first-order valence-electron chi connectivity index (χ1n) is 10.2. The minimum atomic E-state index is -0.339. The number of aryl methyl sites for hydroxylation is 1. The molecule has 0 saturated heterocycles. The van der Waals surface area contributed by atoms with Gasteiger partial charge in [-0.3, -0.25) is 9.59 Å². The Morgan fingerprint density at radius 1 is 1.24 bits per heavy atom. The van der Waals surface area contributed by atoms with E-state index in [2.05, 4.69) is 20.5 Å². The molecule has 2 N–H and O–H groups in total. The van der Waals surface area contributed by atoms with Crippen molar-refractivity contribution in [1.82, 2.24) is 20.5 Å². The second-order valence-corrected chi connectivity index (χ2v) is 7.21. The first-order valence-corrected chi connectivity index (χ1v) is 10.2. The molecule has 1 heterocycles. The molecule has 0 aliphatic heterocycles. The van der Waals surface area contributed by atoms with E-state index in [1.165, 1.54) is 0 Å². The van der Waals surface area contributed by atoms with Crippen LogP contribution >= 0.6 is 0 Å². The van der Waals surface area contributed by atoms with E-state index < -0.39 is 0 Å². The molecule has 3 rings (SSSR count). The van der Waals surface area contributed by atoms with E-state index in [9.17, 15) is 9.59 Å². The van der Waals surface area contributed by atoms with Crippen LogP contribution in [-0.4, -0.2) is 40.8 Å². The molecule has 1 saturated carbocycles. The maximum Gasteiger partial charge on any atom is 0.273 e. The zero-order valence-electron chi connectivity index (χ0n) is 17.0. The van der Waals surface area contributed by atoms with E-state index >= 15 is 0 Å². The number of carbonyl (C=O) groups is 1. The van der Waals surface area contributed by atoms with Crippen LogP contribution in [0.1, 0.15) is 51.1 Å². The first-order chi connectivity index (χ1) is 14.1. The first kappa shape index (κ1) is 20.8. The van der Waals surface area contributed by atoms with Crippen LogP contribution in [0.4, 0.5) is 0 Å². The number of benzene rings is 1. The highest BCUT2D eigenvalue weighted by molar-refractivity contribution is 5.76. The van der Waals surface area contributed by atoms with Gasteiger partial charge in [0, 0.05) is 24.4 Å². The Bertz CT molecular complexity index is 890. The average molecular weight is 400 g/mol. The van der Waals surface area contributed by atoms with E-state index in [-0.39, 0.29) is 36.0 Å². The summed E-state index contributed by atoms with van der Waals surface area (Å²) in [5.74, 6) is 1.49. The van der Waals surface area contributed by atoms with Gasteiger partial charge in [0.05, 0.1) is 13.7 Å². The number of H-pyrrole nitrogens is 1. The molecule has 29 heavy (non-hydrogen) atoms. The molecule has 2 aromatic rings. The molecule has 0 radical (unpaired) electrons. The number of methoxy groups -OCH3 is 1. The van der Waals surface area contributed by atoms with Crippen molar-refractivity contribution in [3.8, 4) is 22.9 Å². The van der Waals surface area contributed by atoms with E-state index in [1.54, 1.807) is 25.3 Å². The van der Waals surface area contributed by atoms with Crippen molar-refractivity contribution in [2.45, 2.75) is 57.9 Å². The van der Waals surface area contributed by atoms with Crippen LogP contribution in [0.15, 0.2) is 23.0 Å². The topological polar surface area (TPSA) is 106 Å². The lowest BCUT2D eigenvalue weighted by Gasteiger charge is -2.12. The Morgan fingerprint density at radius 3 is 2.72 bits per heavy atom. The number of hydrogen-bond acceptors (Lipinski definition) is 6. The Balaban J connectivity index is 1.65. The third-order valence-electron chi connectivity index (χ3n) is 4.97. The number of hydrogen-bond donors (Lipinski definition) is 2. The molecule has 1 amide bonds. The molecular formula is C21H28N4O4. The van der Waals surface area contributed by atoms with Gasteiger partial charge in [-0.25, -0.2) is 0 Å². The fraction of sp³-hybridized carbons (Fsp3) is 0.524. The lowest BCUT2D eigenvalue weighted by molar-refractivity contribution is -0.121. The molecule has 0 atom stereocenters. The average Bonchev–Trinajstić information content (AvgIpc) is 3.24. The highest BCUT2D eigenvalue weighted by Gasteiger charge is 2.17. The predicted molar refractivity (Wildman–Crippen MR) is 109 cm³/mol. The molecule has 1 aromatic carbocycles. The van der Waals surface area contributed by atoms with Crippen LogP contribution in [-0.2, 0) is 11.2 Å². The second-order valence-electron chi connectivity index (χ2n) is 7.21. The van der Waals surface area contributed by atoms with E-state index in [4.69, 9.17) is 9.47 Å². The largest absolute Gasteiger partial charge is 0.493 e. The van der Waals surface area contributed by atoms with Gasteiger partial charge < -0.3 is 19.8 Å². The van der Waals surface area contributed by atoms with Gasteiger partial charge in [0.15, 0.2) is 17.3 Å². The summed E-state index contributed by atoms with van der Waals surface area (Å²) in [7, 11) is 1.56. The predicted octanol–water partition coefficient (Wildman–Crippen LogP) is 2.62. The van der Waals surface area contributed by atoms with Gasteiger partial charge in [-0.15, -0.1) is 10.2 Å². The fourth-order valence-electron chi connectivity index (χ4n) is 3.40. The van der Waals surface area contributed by atoms with Crippen LogP contribution in [0.5, 0.6) is 11.5 Å². The molecule has 0 spiro atoms. The molecule has 156 valence electrons. The normalized spacial score (nSPS) is 14.0. The van der Waals surface area contributed by atoms with Crippen molar-refractivity contribution in [3.05, 3.63) is 34.2 Å². The van der Waals surface area contributed by atoms with E-state index in [1.807, 2.05) is 6.92 Å². The minimum Gasteiger partial charge on any atom is -0.493 e. The molecule has 0 unspecified atom stereocenters. The van der Waals surface area contributed by atoms with Gasteiger partial charge in [0.25, 0.3) is 5.56 Å². The molecule has 1 aromatic heterocycles. The van der Waals surface area contributed by atoms with Crippen molar-refractivity contribution in [3.63, 3.8) is 0 Å². The van der Waals surface area contributed by atoms with Gasteiger partial charge in [-0.05, 0) is 37.5 Å². The fourth-order valence-corrected chi connectivity index (χ4v) is 3.40.